The molecule has 1 amide bonds. The summed E-state index contributed by atoms with van der Waals surface area (Å²) >= 11 is 0. The largest absolute Gasteiger partial charge is 0.417 e. The molecule has 7 nitrogen and oxygen atoms in total. The molecule has 1 aliphatic rings. The standard InChI is InChI=1S/C19H19F3N4O3/c1-12-15(3-2-4-16(12)26(28)29)24-18(27)13-7-9-25(10-8-13)17-6-5-14(11-23-17)19(20,21)22/h2-6,11,13H,7-10H2,1H3,(H,24,27). The lowest BCUT2D eigenvalue weighted by atomic mass is 9.95. The van der Waals surface area contributed by atoms with Gasteiger partial charge >= 0.3 is 6.18 Å². The third-order valence-electron chi connectivity index (χ3n) is 5.02. The number of benzene rings is 1. The summed E-state index contributed by atoms with van der Waals surface area (Å²) in [5, 5.41) is 13.8. The van der Waals surface area contributed by atoms with E-state index in [0.29, 0.717) is 43.0 Å². The molecule has 1 aliphatic heterocycles. The Bertz CT molecular complexity index is 908. The van der Waals surface area contributed by atoms with Crippen LogP contribution in [-0.4, -0.2) is 28.9 Å². The van der Waals surface area contributed by atoms with Crippen molar-refractivity contribution in [3.8, 4) is 0 Å². The molecular weight excluding hydrogens is 389 g/mol. The minimum Gasteiger partial charge on any atom is -0.357 e. The monoisotopic (exact) mass is 408 g/mol. The Morgan fingerprint density at radius 2 is 1.93 bits per heavy atom. The molecule has 1 aromatic heterocycles. The van der Waals surface area contributed by atoms with Crippen LogP contribution in [0.2, 0.25) is 0 Å². The second kappa shape index (κ2) is 8.06. The Hall–Kier alpha value is -3.17. The van der Waals surface area contributed by atoms with Gasteiger partial charge in [0.15, 0.2) is 0 Å². The molecule has 0 aliphatic carbocycles. The van der Waals surface area contributed by atoms with Crippen LogP contribution in [0.4, 0.5) is 30.4 Å². The second-order valence-corrected chi connectivity index (χ2v) is 6.86. The predicted octanol–water partition coefficient (Wildman–Crippen LogP) is 4.17. The normalized spacial score (nSPS) is 15.2. The molecule has 1 N–H and O–H groups in total. The van der Waals surface area contributed by atoms with E-state index >= 15 is 0 Å². The molecule has 0 unspecified atom stereocenters. The maximum Gasteiger partial charge on any atom is 0.417 e. The van der Waals surface area contributed by atoms with Gasteiger partial charge < -0.3 is 10.2 Å². The average Bonchev–Trinajstić information content (AvgIpc) is 2.69. The number of carbonyl (C=O) groups is 1. The highest BCUT2D eigenvalue weighted by atomic mass is 19.4. The number of halogens is 3. The summed E-state index contributed by atoms with van der Waals surface area (Å²) in [5.74, 6) is -0.0839. The molecule has 29 heavy (non-hydrogen) atoms. The van der Waals surface area contributed by atoms with E-state index in [1.807, 2.05) is 4.90 Å². The van der Waals surface area contributed by atoms with Gasteiger partial charge in [-0.25, -0.2) is 4.98 Å². The van der Waals surface area contributed by atoms with Gasteiger partial charge in [0.1, 0.15) is 5.82 Å². The fourth-order valence-electron chi connectivity index (χ4n) is 3.30. The van der Waals surface area contributed by atoms with Crippen LogP contribution in [0.3, 0.4) is 0 Å². The van der Waals surface area contributed by atoms with Crippen LogP contribution in [0, 0.1) is 23.0 Å². The van der Waals surface area contributed by atoms with E-state index in [-0.39, 0.29) is 17.5 Å². The van der Waals surface area contributed by atoms with Crippen molar-refractivity contribution in [2.45, 2.75) is 25.9 Å². The topological polar surface area (TPSA) is 88.4 Å². The van der Waals surface area contributed by atoms with Crippen LogP contribution >= 0.6 is 0 Å². The van der Waals surface area contributed by atoms with Crippen LogP contribution in [0.15, 0.2) is 36.5 Å². The Morgan fingerprint density at radius 1 is 1.24 bits per heavy atom. The van der Waals surface area contributed by atoms with Crippen LogP contribution < -0.4 is 10.2 Å². The summed E-state index contributed by atoms with van der Waals surface area (Å²) in [6, 6.07) is 6.82. The number of hydrogen-bond donors (Lipinski definition) is 1. The summed E-state index contributed by atoms with van der Waals surface area (Å²) < 4.78 is 37.9. The molecule has 1 saturated heterocycles. The number of nitro groups is 1. The molecule has 0 saturated carbocycles. The third-order valence-corrected chi connectivity index (χ3v) is 5.02. The molecular formula is C19H19F3N4O3. The van der Waals surface area contributed by atoms with Crippen molar-refractivity contribution in [1.82, 2.24) is 4.98 Å². The molecule has 0 bridgehead atoms. The van der Waals surface area contributed by atoms with Crippen LogP contribution in [-0.2, 0) is 11.0 Å². The number of nitrogens with one attached hydrogen (secondary N) is 1. The number of nitro benzene ring substituents is 1. The van der Waals surface area contributed by atoms with Gasteiger partial charge in [-0.1, -0.05) is 6.07 Å². The lowest BCUT2D eigenvalue weighted by molar-refractivity contribution is -0.385. The van der Waals surface area contributed by atoms with Gasteiger partial charge in [0, 0.05) is 31.3 Å². The summed E-state index contributed by atoms with van der Waals surface area (Å²) in [4.78, 5) is 28.8. The van der Waals surface area contributed by atoms with E-state index in [4.69, 9.17) is 0 Å². The molecule has 10 heteroatoms. The first-order valence-corrected chi connectivity index (χ1v) is 9.00. The number of hydrogen-bond acceptors (Lipinski definition) is 5. The van der Waals surface area contributed by atoms with Crippen LogP contribution in [0.25, 0.3) is 0 Å². The zero-order valence-corrected chi connectivity index (χ0v) is 15.6. The molecule has 154 valence electrons. The Morgan fingerprint density at radius 3 is 2.48 bits per heavy atom. The second-order valence-electron chi connectivity index (χ2n) is 6.86. The first-order chi connectivity index (χ1) is 13.7. The van der Waals surface area contributed by atoms with E-state index in [2.05, 4.69) is 10.3 Å². The van der Waals surface area contributed by atoms with Gasteiger partial charge in [-0.3, -0.25) is 14.9 Å². The molecule has 2 aromatic rings. The maximum atomic E-state index is 12.6. The number of aromatic nitrogens is 1. The SMILES string of the molecule is Cc1c(NC(=O)C2CCN(c3ccc(C(F)(F)F)cn3)CC2)cccc1[N+](=O)[O-]. The van der Waals surface area contributed by atoms with Crippen molar-refractivity contribution >= 4 is 23.1 Å². The number of rotatable bonds is 4. The highest BCUT2D eigenvalue weighted by molar-refractivity contribution is 5.94. The van der Waals surface area contributed by atoms with Crippen LogP contribution in [0.5, 0.6) is 0 Å². The number of pyridine rings is 1. The van der Waals surface area contributed by atoms with Crippen molar-refractivity contribution in [1.29, 1.82) is 0 Å². The highest BCUT2D eigenvalue weighted by Crippen LogP contribution is 2.31. The van der Waals surface area contributed by atoms with E-state index in [1.54, 1.807) is 13.0 Å². The van der Waals surface area contributed by atoms with Gasteiger partial charge in [-0.2, -0.15) is 13.2 Å². The summed E-state index contributed by atoms with van der Waals surface area (Å²) in [6.07, 6.45) is -2.62. The fourth-order valence-corrected chi connectivity index (χ4v) is 3.30. The van der Waals surface area contributed by atoms with Gasteiger partial charge in [0.05, 0.1) is 21.7 Å². The summed E-state index contributed by atoms with van der Waals surface area (Å²) in [6.45, 7) is 2.53. The van der Waals surface area contributed by atoms with E-state index in [9.17, 15) is 28.1 Å². The Balaban J connectivity index is 1.60. The molecule has 0 radical (unpaired) electrons. The van der Waals surface area contributed by atoms with Crippen molar-refractivity contribution in [3.05, 3.63) is 57.8 Å². The van der Waals surface area contributed by atoms with E-state index in [0.717, 1.165) is 12.3 Å². The van der Waals surface area contributed by atoms with E-state index in [1.165, 1.54) is 18.2 Å². The van der Waals surface area contributed by atoms with Crippen molar-refractivity contribution < 1.29 is 22.9 Å². The van der Waals surface area contributed by atoms with Crippen molar-refractivity contribution in [2.24, 2.45) is 5.92 Å². The number of anilines is 2. The van der Waals surface area contributed by atoms with Crippen LogP contribution in [0.1, 0.15) is 24.0 Å². The summed E-state index contributed by atoms with van der Waals surface area (Å²) in [5.41, 5.74) is -0.0814. The average molecular weight is 408 g/mol. The number of alkyl halides is 3. The fraction of sp³-hybridized carbons (Fsp3) is 0.368. The van der Waals surface area contributed by atoms with Gasteiger partial charge in [0.25, 0.3) is 5.69 Å². The quantitative estimate of drug-likeness (QED) is 0.606. The molecule has 2 heterocycles. The predicted molar refractivity (Wildman–Crippen MR) is 101 cm³/mol. The smallest absolute Gasteiger partial charge is 0.357 e. The lowest BCUT2D eigenvalue weighted by Crippen LogP contribution is -2.38. The number of nitrogens with zero attached hydrogens (tertiary/aromatic N) is 3. The molecule has 0 atom stereocenters. The minimum atomic E-state index is -4.43. The maximum absolute atomic E-state index is 12.6. The first kappa shape index (κ1) is 20.6. The van der Waals surface area contributed by atoms with Gasteiger partial charge in [-0.15, -0.1) is 0 Å². The molecule has 1 aromatic carbocycles. The van der Waals surface area contributed by atoms with Crippen molar-refractivity contribution in [3.63, 3.8) is 0 Å². The molecule has 0 spiro atoms. The summed E-state index contributed by atoms with van der Waals surface area (Å²) in [7, 11) is 0. The van der Waals surface area contributed by atoms with E-state index < -0.39 is 16.7 Å². The zero-order valence-electron chi connectivity index (χ0n) is 15.6. The third kappa shape index (κ3) is 4.64. The number of carbonyl (C=O) groups excluding carboxylic acids is 1. The molecule has 3 rings (SSSR count). The number of amides is 1. The first-order valence-electron chi connectivity index (χ1n) is 9.00. The van der Waals surface area contributed by atoms with Crippen molar-refractivity contribution in [2.75, 3.05) is 23.3 Å². The Kier molecular flexibility index (Phi) is 5.71. The molecule has 1 fully saturated rings. The Labute approximate surface area is 164 Å². The zero-order chi connectivity index (χ0) is 21.2. The lowest BCUT2D eigenvalue weighted by Gasteiger charge is -2.32. The van der Waals surface area contributed by atoms with Gasteiger partial charge in [0.2, 0.25) is 5.91 Å². The number of piperidine rings is 1. The highest BCUT2D eigenvalue weighted by Gasteiger charge is 2.31. The minimum absolute atomic E-state index is 0.0639. The van der Waals surface area contributed by atoms with Gasteiger partial charge in [-0.05, 0) is 38.0 Å².